The molecule has 3 nitrogen and oxygen atoms in total. The molecule has 0 bridgehead atoms. The van der Waals surface area contributed by atoms with Crippen LogP contribution in [0.5, 0.6) is 0 Å². The third-order valence-corrected chi connectivity index (χ3v) is 3.52. The van der Waals surface area contributed by atoms with Crippen molar-refractivity contribution in [1.29, 1.82) is 0 Å². The molecule has 1 heterocycles. The highest BCUT2D eigenvalue weighted by molar-refractivity contribution is 5.85. The molecule has 100 valence electrons. The van der Waals surface area contributed by atoms with Crippen LogP contribution < -0.4 is 5.73 Å². The molecular formula is C14H21ClN2O. The molecule has 1 aromatic rings. The van der Waals surface area contributed by atoms with Crippen LogP contribution in [0.4, 0.5) is 0 Å². The molecule has 1 amide bonds. The van der Waals surface area contributed by atoms with Crippen LogP contribution in [0.3, 0.4) is 0 Å². The van der Waals surface area contributed by atoms with Gasteiger partial charge in [0.1, 0.15) is 0 Å². The molecule has 0 aliphatic carbocycles. The van der Waals surface area contributed by atoms with Gasteiger partial charge in [-0.15, -0.1) is 12.4 Å². The second kappa shape index (κ2) is 6.76. The van der Waals surface area contributed by atoms with Gasteiger partial charge in [0.2, 0.25) is 5.91 Å². The summed E-state index contributed by atoms with van der Waals surface area (Å²) >= 11 is 0. The largest absolute Gasteiger partial charge is 0.342 e. The van der Waals surface area contributed by atoms with Crippen LogP contribution in [-0.4, -0.2) is 29.9 Å². The Balaban J connectivity index is 0.00000162. The Morgan fingerprint density at radius 2 is 2.11 bits per heavy atom. The Hall–Kier alpha value is -1.06. The van der Waals surface area contributed by atoms with Gasteiger partial charge in [0, 0.05) is 19.1 Å². The maximum Gasteiger partial charge on any atom is 0.226 e. The summed E-state index contributed by atoms with van der Waals surface area (Å²) < 4.78 is 0. The number of benzene rings is 1. The molecule has 18 heavy (non-hydrogen) atoms. The first-order valence-electron chi connectivity index (χ1n) is 6.24. The van der Waals surface area contributed by atoms with E-state index in [1.165, 1.54) is 0 Å². The number of rotatable bonds is 3. The number of nitrogens with zero attached hydrogens (tertiary/aromatic N) is 1. The van der Waals surface area contributed by atoms with Gasteiger partial charge in [0.05, 0.1) is 6.42 Å². The van der Waals surface area contributed by atoms with Crippen LogP contribution in [0.2, 0.25) is 0 Å². The zero-order valence-electron chi connectivity index (χ0n) is 10.7. The van der Waals surface area contributed by atoms with Crippen molar-refractivity contribution in [2.24, 2.45) is 11.7 Å². The number of halogens is 1. The molecule has 1 saturated heterocycles. The third-order valence-electron chi connectivity index (χ3n) is 3.52. The molecule has 2 unspecified atom stereocenters. The van der Waals surface area contributed by atoms with Gasteiger partial charge in [-0.3, -0.25) is 4.79 Å². The second-order valence-electron chi connectivity index (χ2n) is 4.91. The van der Waals surface area contributed by atoms with E-state index in [0.29, 0.717) is 12.3 Å². The van der Waals surface area contributed by atoms with Crippen molar-refractivity contribution in [1.82, 2.24) is 4.90 Å². The highest BCUT2D eigenvalue weighted by Gasteiger charge is 2.28. The topological polar surface area (TPSA) is 46.3 Å². The zero-order valence-corrected chi connectivity index (χ0v) is 11.5. The number of carbonyl (C=O) groups excluding carboxylic acids is 1. The van der Waals surface area contributed by atoms with Crippen molar-refractivity contribution < 1.29 is 4.79 Å². The fourth-order valence-electron chi connectivity index (χ4n) is 2.33. The van der Waals surface area contributed by atoms with Gasteiger partial charge < -0.3 is 10.6 Å². The van der Waals surface area contributed by atoms with E-state index in [0.717, 1.165) is 25.1 Å². The number of nitrogens with two attached hydrogens (primary N) is 1. The minimum atomic E-state index is 0. The van der Waals surface area contributed by atoms with Crippen LogP contribution in [-0.2, 0) is 11.2 Å². The first kappa shape index (κ1) is 15.0. The van der Waals surface area contributed by atoms with Crippen molar-refractivity contribution in [3.8, 4) is 0 Å². The number of hydrogen-bond acceptors (Lipinski definition) is 2. The SMILES string of the molecule is CC(N)C1CCN(C(=O)Cc2ccccc2)C1.Cl. The first-order valence-corrected chi connectivity index (χ1v) is 6.24. The minimum absolute atomic E-state index is 0. The standard InChI is InChI=1S/C14H20N2O.ClH/c1-11(15)13-7-8-16(10-13)14(17)9-12-5-3-2-4-6-12;/h2-6,11,13H,7-10,15H2,1H3;1H. The van der Waals surface area contributed by atoms with Crippen LogP contribution in [0.15, 0.2) is 30.3 Å². The van der Waals surface area contributed by atoms with E-state index in [2.05, 4.69) is 0 Å². The summed E-state index contributed by atoms with van der Waals surface area (Å²) in [5.74, 6) is 0.689. The van der Waals surface area contributed by atoms with Crippen LogP contribution in [0.1, 0.15) is 18.9 Å². The number of amides is 1. The maximum atomic E-state index is 12.1. The normalized spacial score (nSPS) is 20.3. The Bertz CT molecular complexity index is 381. The van der Waals surface area contributed by atoms with Crippen molar-refractivity contribution in [2.75, 3.05) is 13.1 Å². The summed E-state index contributed by atoms with van der Waals surface area (Å²) in [5.41, 5.74) is 6.96. The van der Waals surface area contributed by atoms with Gasteiger partial charge in [-0.2, -0.15) is 0 Å². The Morgan fingerprint density at radius 3 is 2.67 bits per heavy atom. The molecule has 2 atom stereocenters. The fraction of sp³-hybridized carbons (Fsp3) is 0.500. The van der Waals surface area contributed by atoms with Crippen LogP contribution in [0.25, 0.3) is 0 Å². The molecule has 0 aromatic heterocycles. The lowest BCUT2D eigenvalue weighted by atomic mass is 10.0. The molecule has 1 fully saturated rings. The number of hydrogen-bond donors (Lipinski definition) is 1. The van der Waals surface area contributed by atoms with E-state index in [9.17, 15) is 4.79 Å². The molecule has 2 rings (SSSR count). The summed E-state index contributed by atoms with van der Waals surface area (Å²) in [6, 6.07) is 10.1. The van der Waals surface area contributed by atoms with Crippen LogP contribution >= 0.6 is 12.4 Å². The Labute approximate surface area is 115 Å². The Kier molecular flexibility index (Phi) is 5.63. The molecule has 1 aliphatic rings. The Morgan fingerprint density at radius 1 is 1.44 bits per heavy atom. The van der Waals surface area contributed by atoms with Gasteiger partial charge in [0.15, 0.2) is 0 Å². The van der Waals surface area contributed by atoms with E-state index < -0.39 is 0 Å². The molecular weight excluding hydrogens is 248 g/mol. The van der Waals surface area contributed by atoms with Crippen molar-refractivity contribution in [3.05, 3.63) is 35.9 Å². The molecule has 1 aliphatic heterocycles. The molecule has 4 heteroatoms. The summed E-state index contributed by atoms with van der Waals surface area (Å²) in [6.07, 6.45) is 1.55. The van der Waals surface area contributed by atoms with E-state index in [1.807, 2.05) is 42.2 Å². The average molecular weight is 269 g/mol. The first-order chi connectivity index (χ1) is 8.16. The lowest BCUT2D eigenvalue weighted by molar-refractivity contribution is -0.129. The van der Waals surface area contributed by atoms with Crippen molar-refractivity contribution >= 4 is 18.3 Å². The third kappa shape index (κ3) is 3.72. The minimum Gasteiger partial charge on any atom is -0.342 e. The predicted molar refractivity (Wildman–Crippen MR) is 75.7 cm³/mol. The van der Waals surface area contributed by atoms with Gasteiger partial charge >= 0.3 is 0 Å². The summed E-state index contributed by atoms with van der Waals surface area (Å²) in [4.78, 5) is 14.0. The summed E-state index contributed by atoms with van der Waals surface area (Å²) in [5, 5.41) is 0. The van der Waals surface area contributed by atoms with Crippen molar-refractivity contribution in [2.45, 2.75) is 25.8 Å². The van der Waals surface area contributed by atoms with Gasteiger partial charge in [0.25, 0.3) is 0 Å². The summed E-state index contributed by atoms with van der Waals surface area (Å²) in [6.45, 7) is 3.71. The van der Waals surface area contributed by atoms with E-state index in [1.54, 1.807) is 0 Å². The number of likely N-dealkylation sites (tertiary alicyclic amines) is 1. The average Bonchev–Trinajstić information content (AvgIpc) is 2.79. The molecule has 0 radical (unpaired) electrons. The molecule has 2 N–H and O–H groups in total. The number of carbonyl (C=O) groups is 1. The molecule has 0 saturated carbocycles. The van der Waals surface area contributed by atoms with Crippen LogP contribution in [0, 0.1) is 5.92 Å². The highest BCUT2D eigenvalue weighted by atomic mass is 35.5. The van der Waals surface area contributed by atoms with E-state index >= 15 is 0 Å². The molecule has 1 aromatic carbocycles. The summed E-state index contributed by atoms with van der Waals surface area (Å²) in [7, 11) is 0. The van der Waals surface area contributed by atoms with E-state index in [-0.39, 0.29) is 24.4 Å². The van der Waals surface area contributed by atoms with Gasteiger partial charge in [-0.1, -0.05) is 30.3 Å². The highest BCUT2D eigenvalue weighted by Crippen LogP contribution is 2.19. The quantitative estimate of drug-likeness (QED) is 0.909. The fourth-order valence-corrected chi connectivity index (χ4v) is 2.33. The molecule has 0 spiro atoms. The van der Waals surface area contributed by atoms with Gasteiger partial charge in [-0.25, -0.2) is 0 Å². The monoisotopic (exact) mass is 268 g/mol. The lowest BCUT2D eigenvalue weighted by Gasteiger charge is -2.18. The zero-order chi connectivity index (χ0) is 12.3. The lowest BCUT2D eigenvalue weighted by Crippen LogP contribution is -2.33. The van der Waals surface area contributed by atoms with Crippen molar-refractivity contribution in [3.63, 3.8) is 0 Å². The van der Waals surface area contributed by atoms with Gasteiger partial charge in [-0.05, 0) is 24.8 Å². The van der Waals surface area contributed by atoms with E-state index in [4.69, 9.17) is 5.73 Å². The second-order valence-corrected chi connectivity index (χ2v) is 4.91. The predicted octanol–water partition coefficient (Wildman–Crippen LogP) is 1.85. The smallest absolute Gasteiger partial charge is 0.226 e. The maximum absolute atomic E-state index is 12.1.